The summed E-state index contributed by atoms with van der Waals surface area (Å²) >= 11 is 0. The van der Waals surface area contributed by atoms with Crippen molar-refractivity contribution >= 4 is 23.3 Å². The molecule has 9 nitrogen and oxygen atoms in total. The molecule has 4 rings (SSSR count). The number of nitrogens with one attached hydrogen (secondary N) is 1. The summed E-state index contributed by atoms with van der Waals surface area (Å²) in [5, 5.41) is 23.9. The highest BCUT2D eigenvalue weighted by atomic mass is 16.5. The number of aliphatic hydroxyl groups excluding tert-OH is 1. The predicted octanol–water partition coefficient (Wildman–Crippen LogP) is 5.13. The molecule has 3 aromatic carbocycles. The van der Waals surface area contributed by atoms with Gasteiger partial charge in [-0.1, -0.05) is 48.6 Å². The van der Waals surface area contributed by atoms with Gasteiger partial charge in [-0.25, -0.2) is 0 Å². The highest BCUT2D eigenvalue weighted by Gasteiger charge is 2.42. The number of Topliss-reactive ketones (excluding diaryl/α,β-unsaturated/α-hetero) is 1. The number of para-hydroxylation sites is 1. The lowest BCUT2D eigenvalue weighted by molar-refractivity contribution is -0.134. The van der Waals surface area contributed by atoms with E-state index in [0.29, 0.717) is 42.0 Å². The van der Waals surface area contributed by atoms with Crippen LogP contribution in [-0.2, 0) is 14.3 Å². The van der Waals surface area contributed by atoms with Crippen LogP contribution in [0.15, 0.2) is 97.1 Å². The minimum absolute atomic E-state index is 0.000932. The van der Waals surface area contributed by atoms with E-state index < -0.39 is 23.7 Å². The molecule has 1 fully saturated rings. The van der Waals surface area contributed by atoms with E-state index in [-0.39, 0.29) is 43.7 Å². The minimum atomic E-state index is -1.31. The van der Waals surface area contributed by atoms with Crippen molar-refractivity contribution in [1.82, 2.24) is 0 Å². The Labute approximate surface area is 257 Å². The maximum absolute atomic E-state index is 12.5. The summed E-state index contributed by atoms with van der Waals surface area (Å²) in [5.74, 6) is -0.180. The Morgan fingerprint density at radius 2 is 1.61 bits per heavy atom. The Balaban J connectivity index is 1.14. The number of allylic oxidation sites excluding steroid dienone is 2. The summed E-state index contributed by atoms with van der Waals surface area (Å²) in [6, 6.07) is 24.6. The van der Waals surface area contributed by atoms with Gasteiger partial charge in [0.1, 0.15) is 29.5 Å². The molecule has 3 aromatic rings. The second kappa shape index (κ2) is 16.0. The van der Waals surface area contributed by atoms with Crippen molar-refractivity contribution < 1.29 is 38.8 Å². The number of hydrogen-bond acceptors (Lipinski definition) is 8. The van der Waals surface area contributed by atoms with Crippen LogP contribution < -0.4 is 14.8 Å². The molecule has 0 radical (unpaired) electrons. The standard InChI is InChI=1S/C35H39NO8/c1-35(41,23-42-27-14-8-5-9-15-27)24-43-33-29(30(37)22-31(33)38)16-10-2-3-11-17-32(39)44-28-20-18-26(19-21-28)36-34(40)25-12-6-4-7-13-25/h2,4-10,12-15,18-21,29,31,33,38,41H,3,11,16-17,22-24H2,1H3,(H,36,40)/b10-2-/t29-,31+,33+,35?/m0/s1. The number of carbonyl (C=O) groups excluding carboxylic acids is 3. The number of hydrogen-bond donors (Lipinski definition) is 3. The van der Waals surface area contributed by atoms with Gasteiger partial charge in [-0.2, -0.15) is 0 Å². The van der Waals surface area contributed by atoms with Gasteiger partial charge in [-0.3, -0.25) is 14.4 Å². The van der Waals surface area contributed by atoms with E-state index in [9.17, 15) is 24.6 Å². The average molecular weight is 602 g/mol. The molecule has 0 heterocycles. The number of amides is 1. The first kappa shape index (κ1) is 32.6. The van der Waals surface area contributed by atoms with Gasteiger partial charge in [0.25, 0.3) is 5.91 Å². The van der Waals surface area contributed by atoms with Crippen LogP contribution in [-0.4, -0.2) is 58.9 Å². The van der Waals surface area contributed by atoms with Crippen LogP contribution in [0.25, 0.3) is 0 Å². The average Bonchev–Trinajstić information content (AvgIpc) is 3.30. The van der Waals surface area contributed by atoms with Gasteiger partial charge in [-0.15, -0.1) is 0 Å². The Hall–Kier alpha value is -4.31. The molecule has 232 valence electrons. The van der Waals surface area contributed by atoms with E-state index in [1.807, 2.05) is 36.4 Å². The summed E-state index contributed by atoms with van der Waals surface area (Å²) in [4.78, 5) is 37.0. The van der Waals surface area contributed by atoms with Crippen molar-refractivity contribution in [2.45, 2.75) is 56.8 Å². The van der Waals surface area contributed by atoms with Gasteiger partial charge in [0, 0.05) is 30.0 Å². The maximum Gasteiger partial charge on any atom is 0.311 e. The van der Waals surface area contributed by atoms with Crippen molar-refractivity contribution in [3.05, 3.63) is 103 Å². The second-order valence-corrected chi connectivity index (χ2v) is 11.1. The van der Waals surface area contributed by atoms with E-state index in [1.54, 1.807) is 67.6 Å². The fourth-order valence-electron chi connectivity index (χ4n) is 4.80. The summed E-state index contributed by atoms with van der Waals surface area (Å²) in [6.07, 6.45) is 3.89. The maximum atomic E-state index is 12.5. The SMILES string of the molecule is CC(O)(COc1ccccc1)CO[C@H]1[C@H](O)CC(=O)[C@@H]1C/C=C\CCCC(=O)Oc1ccc(NC(=O)c2ccccc2)cc1. The third-order valence-corrected chi connectivity index (χ3v) is 7.17. The van der Waals surface area contributed by atoms with Crippen LogP contribution >= 0.6 is 0 Å². The quantitative estimate of drug-likeness (QED) is 0.0946. The summed E-state index contributed by atoms with van der Waals surface area (Å²) in [7, 11) is 0. The molecular weight excluding hydrogens is 562 g/mol. The topological polar surface area (TPSA) is 131 Å². The first-order chi connectivity index (χ1) is 21.2. The smallest absolute Gasteiger partial charge is 0.311 e. The number of esters is 1. The molecule has 3 N–H and O–H groups in total. The zero-order valence-electron chi connectivity index (χ0n) is 24.8. The zero-order valence-corrected chi connectivity index (χ0v) is 24.8. The number of rotatable bonds is 15. The lowest BCUT2D eigenvalue weighted by Crippen LogP contribution is -2.41. The van der Waals surface area contributed by atoms with Crippen LogP contribution in [0.2, 0.25) is 0 Å². The Kier molecular flexibility index (Phi) is 11.8. The third kappa shape index (κ3) is 10.2. The molecule has 1 aliphatic carbocycles. The minimum Gasteiger partial charge on any atom is -0.491 e. The lowest BCUT2D eigenvalue weighted by atomic mass is 9.99. The van der Waals surface area contributed by atoms with Crippen LogP contribution in [0.5, 0.6) is 11.5 Å². The molecule has 1 unspecified atom stereocenters. The van der Waals surface area contributed by atoms with Crippen LogP contribution in [0.3, 0.4) is 0 Å². The summed E-state index contributed by atoms with van der Waals surface area (Å²) < 4.78 is 16.9. The van der Waals surface area contributed by atoms with Gasteiger partial charge in [0.2, 0.25) is 0 Å². The highest BCUT2D eigenvalue weighted by Crippen LogP contribution is 2.30. The van der Waals surface area contributed by atoms with Crippen molar-refractivity contribution in [2.24, 2.45) is 5.92 Å². The monoisotopic (exact) mass is 601 g/mol. The number of benzene rings is 3. The van der Waals surface area contributed by atoms with E-state index in [1.165, 1.54) is 0 Å². The molecule has 1 aliphatic rings. The Morgan fingerprint density at radius 1 is 0.932 bits per heavy atom. The van der Waals surface area contributed by atoms with Crippen molar-refractivity contribution in [1.29, 1.82) is 0 Å². The van der Waals surface area contributed by atoms with E-state index in [4.69, 9.17) is 14.2 Å². The number of carbonyl (C=O) groups is 3. The second-order valence-electron chi connectivity index (χ2n) is 11.1. The van der Waals surface area contributed by atoms with Crippen molar-refractivity contribution in [3.63, 3.8) is 0 Å². The Bertz CT molecular complexity index is 1390. The van der Waals surface area contributed by atoms with Gasteiger partial charge < -0.3 is 29.7 Å². The van der Waals surface area contributed by atoms with Gasteiger partial charge in [-0.05, 0) is 74.7 Å². The number of ketones is 1. The van der Waals surface area contributed by atoms with Crippen LogP contribution in [0.4, 0.5) is 5.69 Å². The zero-order chi connectivity index (χ0) is 31.4. The summed E-state index contributed by atoms with van der Waals surface area (Å²) in [5.41, 5.74) is -0.170. The van der Waals surface area contributed by atoms with E-state index in [0.717, 1.165) is 0 Å². The van der Waals surface area contributed by atoms with Gasteiger partial charge in [0.05, 0.1) is 18.8 Å². The van der Waals surface area contributed by atoms with E-state index in [2.05, 4.69) is 5.32 Å². The number of unbranched alkanes of at least 4 members (excludes halogenated alkanes) is 1. The lowest BCUT2D eigenvalue weighted by Gasteiger charge is -2.28. The molecule has 0 saturated heterocycles. The Morgan fingerprint density at radius 3 is 2.32 bits per heavy atom. The van der Waals surface area contributed by atoms with E-state index >= 15 is 0 Å². The molecule has 0 bridgehead atoms. The molecular formula is C35H39NO8. The molecule has 1 amide bonds. The van der Waals surface area contributed by atoms with Gasteiger partial charge in [0.15, 0.2) is 0 Å². The number of anilines is 1. The fraction of sp³-hybridized carbons (Fsp3) is 0.343. The highest BCUT2D eigenvalue weighted by molar-refractivity contribution is 6.04. The number of ether oxygens (including phenoxy) is 3. The molecule has 0 aliphatic heterocycles. The van der Waals surface area contributed by atoms with Gasteiger partial charge >= 0.3 is 5.97 Å². The molecule has 0 spiro atoms. The first-order valence-electron chi connectivity index (χ1n) is 14.7. The van der Waals surface area contributed by atoms with Crippen molar-refractivity contribution in [2.75, 3.05) is 18.5 Å². The number of aliphatic hydroxyl groups is 2. The van der Waals surface area contributed by atoms with Crippen LogP contribution in [0.1, 0.15) is 49.4 Å². The molecule has 9 heteroatoms. The normalized spacial score (nSPS) is 19.4. The summed E-state index contributed by atoms with van der Waals surface area (Å²) in [6.45, 7) is 1.49. The fourth-order valence-corrected chi connectivity index (χ4v) is 4.80. The third-order valence-electron chi connectivity index (χ3n) is 7.17. The van der Waals surface area contributed by atoms with Crippen molar-refractivity contribution in [3.8, 4) is 11.5 Å². The molecule has 1 saturated carbocycles. The van der Waals surface area contributed by atoms with Crippen LogP contribution in [0, 0.1) is 5.92 Å². The predicted molar refractivity (Wildman–Crippen MR) is 166 cm³/mol. The molecule has 0 aromatic heterocycles. The molecule has 44 heavy (non-hydrogen) atoms. The largest absolute Gasteiger partial charge is 0.491 e. The molecule has 4 atom stereocenters. The first-order valence-corrected chi connectivity index (χ1v) is 14.7.